The van der Waals surface area contributed by atoms with Crippen LogP contribution < -0.4 is 4.31 Å². The summed E-state index contributed by atoms with van der Waals surface area (Å²) in [5.41, 5.74) is 3.29. The number of hydrogen-bond acceptors (Lipinski definition) is 3. The quantitative estimate of drug-likeness (QED) is 0.612. The molecule has 0 spiro atoms. The molecular formula is C23H23NO3S. The Labute approximate surface area is 166 Å². The zero-order chi connectivity index (χ0) is 20.1. The first-order chi connectivity index (χ1) is 13.4. The maximum absolute atomic E-state index is 13.3. The second-order valence-corrected chi connectivity index (χ2v) is 8.58. The number of carbonyl (C=O) groups excluding carboxylic acids is 1. The van der Waals surface area contributed by atoms with Gasteiger partial charge in [-0.05, 0) is 50.1 Å². The Morgan fingerprint density at radius 1 is 0.786 bits per heavy atom. The lowest BCUT2D eigenvalue weighted by Gasteiger charge is -2.23. The van der Waals surface area contributed by atoms with Crippen LogP contribution in [-0.2, 0) is 21.2 Å². The highest BCUT2D eigenvalue weighted by Gasteiger charge is 2.30. The molecule has 28 heavy (non-hydrogen) atoms. The average molecular weight is 394 g/mol. The van der Waals surface area contributed by atoms with Crippen molar-refractivity contribution in [1.29, 1.82) is 0 Å². The Morgan fingerprint density at radius 2 is 1.32 bits per heavy atom. The first kappa shape index (κ1) is 19.8. The van der Waals surface area contributed by atoms with E-state index < -0.39 is 15.9 Å². The number of benzene rings is 3. The Balaban J connectivity index is 1.96. The van der Waals surface area contributed by atoms with Crippen LogP contribution in [0.2, 0.25) is 0 Å². The summed E-state index contributed by atoms with van der Waals surface area (Å²) in [6, 6.07) is 23.1. The van der Waals surface area contributed by atoms with E-state index in [4.69, 9.17) is 0 Å². The number of anilines is 1. The third-order valence-electron chi connectivity index (χ3n) is 4.52. The van der Waals surface area contributed by atoms with E-state index in [1.54, 1.807) is 36.4 Å². The minimum Gasteiger partial charge on any atom is -0.273 e. The topological polar surface area (TPSA) is 54.5 Å². The number of rotatable bonds is 6. The number of carbonyl (C=O) groups is 1. The largest absolute Gasteiger partial charge is 0.273 e. The van der Waals surface area contributed by atoms with E-state index >= 15 is 0 Å². The van der Waals surface area contributed by atoms with Gasteiger partial charge in [0.1, 0.15) is 0 Å². The van der Waals surface area contributed by atoms with E-state index in [1.807, 2.05) is 44.2 Å². The second-order valence-electron chi connectivity index (χ2n) is 6.80. The average Bonchev–Trinajstić information content (AvgIpc) is 2.69. The number of hydrogen-bond donors (Lipinski definition) is 0. The van der Waals surface area contributed by atoms with Crippen molar-refractivity contribution < 1.29 is 13.2 Å². The molecule has 3 rings (SSSR count). The molecule has 3 aromatic carbocycles. The first-order valence-electron chi connectivity index (χ1n) is 9.13. The molecule has 0 atom stereocenters. The van der Waals surface area contributed by atoms with E-state index in [9.17, 15) is 13.2 Å². The minimum absolute atomic E-state index is 0.100. The highest BCUT2D eigenvalue weighted by molar-refractivity contribution is 7.93. The van der Waals surface area contributed by atoms with Gasteiger partial charge in [-0.2, -0.15) is 0 Å². The van der Waals surface area contributed by atoms with E-state index in [-0.39, 0.29) is 11.3 Å². The summed E-state index contributed by atoms with van der Waals surface area (Å²) < 4.78 is 27.5. The summed E-state index contributed by atoms with van der Waals surface area (Å²) in [6.07, 6.45) is 0.578. The third kappa shape index (κ3) is 4.49. The van der Waals surface area contributed by atoms with Crippen LogP contribution in [-0.4, -0.2) is 14.3 Å². The molecule has 5 heteroatoms. The predicted molar refractivity (Wildman–Crippen MR) is 112 cm³/mol. The van der Waals surface area contributed by atoms with Crippen molar-refractivity contribution in [2.24, 2.45) is 0 Å². The van der Waals surface area contributed by atoms with Crippen LogP contribution in [0.15, 0.2) is 83.8 Å². The van der Waals surface area contributed by atoms with Crippen molar-refractivity contribution in [2.45, 2.75) is 31.6 Å². The van der Waals surface area contributed by atoms with Crippen LogP contribution in [0.3, 0.4) is 0 Å². The molecule has 0 heterocycles. The maximum atomic E-state index is 13.3. The zero-order valence-corrected chi connectivity index (χ0v) is 16.8. The summed E-state index contributed by atoms with van der Waals surface area (Å²) in [7, 11) is -4.00. The van der Waals surface area contributed by atoms with Gasteiger partial charge in [0, 0.05) is 6.42 Å². The normalized spacial score (nSPS) is 11.2. The van der Waals surface area contributed by atoms with Crippen molar-refractivity contribution >= 4 is 21.6 Å². The van der Waals surface area contributed by atoms with Gasteiger partial charge in [-0.1, -0.05) is 65.7 Å². The predicted octanol–water partition coefficient (Wildman–Crippen LogP) is 4.66. The molecule has 0 aliphatic rings. The van der Waals surface area contributed by atoms with E-state index in [1.165, 1.54) is 12.1 Å². The molecule has 0 radical (unpaired) electrons. The molecule has 0 fully saturated rings. The van der Waals surface area contributed by atoms with Crippen molar-refractivity contribution in [3.8, 4) is 0 Å². The molecule has 0 aliphatic carbocycles. The molecule has 0 saturated carbocycles. The molecule has 4 nitrogen and oxygen atoms in total. The van der Waals surface area contributed by atoms with Gasteiger partial charge in [-0.25, -0.2) is 12.7 Å². The van der Waals surface area contributed by atoms with Crippen molar-refractivity contribution in [3.05, 3.63) is 95.6 Å². The second kappa shape index (κ2) is 8.40. The summed E-state index contributed by atoms with van der Waals surface area (Å²) in [5, 5.41) is 0. The SMILES string of the molecule is Cc1ccc(N(C(=O)CCc2ccccc2)S(=O)(=O)c2ccc(C)cc2)cc1. The fraction of sp³-hybridized carbons (Fsp3) is 0.174. The van der Waals surface area contributed by atoms with Gasteiger partial charge in [0.25, 0.3) is 10.0 Å². The van der Waals surface area contributed by atoms with Crippen molar-refractivity contribution in [1.82, 2.24) is 0 Å². The lowest BCUT2D eigenvalue weighted by atomic mass is 10.1. The molecule has 0 aliphatic heterocycles. The van der Waals surface area contributed by atoms with Gasteiger partial charge in [0.05, 0.1) is 10.6 Å². The monoisotopic (exact) mass is 393 g/mol. The number of aryl methyl sites for hydroxylation is 3. The lowest BCUT2D eigenvalue weighted by Crippen LogP contribution is -2.37. The van der Waals surface area contributed by atoms with Crippen LogP contribution in [0, 0.1) is 13.8 Å². The van der Waals surface area contributed by atoms with Gasteiger partial charge in [0.15, 0.2) is 0 Å². The first-order valence-corrected chi connectivity index (χ1v) is 10.6. The van der Waals surface area contributed by atoms with Crippen LogP contribution in [0.4, 0.5) is 5.69 Å². The van der Waals surface area contributed by atoms with Crippen LogP contribution in [0.5, 0.6) is 0 Å². The Bertz CT molecular complexity index is 1040. The number of amides is 1. The van der Waals surface area contributed by atoms with Gasteiger partial charge >= 0.3 is 0 Å². The molecule has 3 aromatic rings. The van der Waals surface area contributed by atoms with E-state index in [0.717, 1.165) is 21.0 Å². The zero-order valence-electron chi connectivity index (χ0n) is 16.0. The molecule has 0 saturated heterocycles. The summed E-state index contributed by atoms with van der Waals surface area (Å²) >= 11 is 0. The fourth-order valence-corrected chi connectivity index (χ4v) is 4.36. The van der Waals surface area contributed by atoms with Crippen molar-refractivity contribution in [2.75, 3.05) is 4.31 Å². The summed E-state index contributed by atoms with van der Waals surface area (Å²) in [4.78, 5) is 13.1. The minimum atomic E-state index is -4.00. The molecule has 0 N–H and O–H groups in total. The van der Waals surface area contributed by atoms with E-state index in [2.05, 4.69) is 0 Å². The Morgan fingerprint density at radius 3 is 1.89 bits per heavy atom. The van der Waals surface area contributed by atoms with Crippen LogP contribution >= 0.6 is 0 Å². The number of nitrogens with zero attached hydrogens (tertiary/aromatic N) is 1. The molecule has 1 amide bonds. The van der Waals surface area contributed by atoms with Crippen molar-refractivity contribution in [3.63, 3.8) is 0 Å². The van der Waals surface area contributed by atoms with Crippen LogP contribution in [0.1, 0.15) is 23.1 Å². The van der Waals surface area contributed by atoms with Gasteiger partial charge in [-0.15, -0.1) is 0 Å². The highest BCUT2D eigenvalue weighted by Crippen LogP contribution is 2.26. The van der Waals surface area contributed by atoms with Gasteiger partial charge in [-0.3, -0.25) is 4.79 Å². The molecule has 0 bridgehead atoms. The van der Waals surface area contributed by atoms with Gasteiger partial charge in [0.2, 0.25) is 5.91 Å². The summed E-state index contributed by atoms with van der Waals surface area (Å²) in [5.74, 6) is -0.451. The molecule has 0 unspecified atom stereocenters. The maximum Gasteiger partial charge on any atom is 0.270 e. The third-order valence-corrected chi connectivity index (χ3v) is 6.29. The van der Waals surface area contributed by atoms with Gasteiger partial charge < -0.3 is 0 Å². The molecular weight excluding hydrogens is 370 g/mol. The standard InChI is InChI=1S/C23H23NO3S/c1-18-8-13-21(14-9-18)24(23(25)17-12-20-6-4-3-5-7-20)28(26,27)22-15-10-19(2)11-16-22/h3-11,13-16H,12,17H2,1-2H3. The molecule has 0 aromatic heterocycles. The Kier molecular flexibility index (Phi) is 5.95. The lowest BCUT2D eigenvalue weighted by molar-refractivity contribution is -0.117. The fourth-order valence-electron chi connectivity index (χ4n) is 2.91. The summed E-state index contributed by atoms with van der Waals surface area (Å²) in [6.45, 7) is 3.80. The molecule has 144 valence electrons. The highest BCUT2D eigenvalue weighted by atomic mass is 32.2. The Hall–Kier alpha value is -2.92. The van der Waals surface area contributed by atoms with E-state index in [0.29, 0.717) is 12.1 Å². The smallest absolute Gasteiger partial charge is 0.270 e. The number of sulfonamides is 1. The van der Waals surface area contributed by atoms with Crippen LogP contribution in [0.25, 0.3) is 0 Å².